The van der Waals surface area contributed by atoms with Crippen LogP contribution in [0.5, 0.6) is 5.75 Å². The van der Waals surface area contributed by atoms with E-state index in [9.17, 15) is 9.59 Å². The van der Waals surface area contributed by atoms with E-state index in [0.717, 1.165) is 23.1 Å². The number of hydrogen-bond donors (Lipinski definition) is 1. The molecule has 3 aromatic rings. The number of ether oxygens (including phenoxy) is 1. The highest BCUT2D eigenvalue weighted by atomic mass is 35.5. The summed E-state index contributed by atoms with van der Waals surface area (Å²) in [7, 11) is 0. The minimum atomic E-state index is -0.706. The van der Waals surface area contributed by atoms with Crippen LogP contribution < -0.4 is 10.1 Å². The average Bonchev–Trinajstić information content (AvgIpc) is 2.87. The molecule has 3 aromatic carbocycles. The Labute approximate surface area is 217 Å². The Morgan fingerprint density at radius 3 is 2.34 bits per heavy atom. The highest BCUT2D eigenvalue weighted by molar-refractivity contribution is 6.31. The van der Waals surface area contributed by atoms with E-state index >= 15 is 0 Å². The van der Waals surface area contributed by atoms with Gasteiger partial charge in [0.15, 0.2) is 6.61 Å². The molecule has 0 aliphatic carbocycles. The molecule has 1 atom stereocenters. The molecule has 0 radical (unpaired) electrons. The number of aryl methyl sites for hydroxylation is 1. The van der Waals surface area contributed by atoms with Crippen molar-refractivity contribution in [1.82, 2.24) is 10.2 Å². The number of halogens is 2. The van der Waals surface area contributed by atoms with Crippen molar-refractivity contribution in [2.75, 3.05) is 13.2 Å². The molecule has 0 aromatic heterocycles. The molecule has 5 nitrogen and oxygen atoms in total. The van der Waals surface area contributed by atoms with Crippen molar-refractivity contribution in [3.05, 3.63) is 99.5 Å². The van der Waals surface area contributed by atoms with Gasteiger partial charge in [-0.3, -0.25) is 9.59 Å². The zero-order valence-corrected chi connectivity index (χ0v) is 21.5. The molecule has 35 heavy (non-hydrogen) atoms. The Morgan fingerprint density at radius 1 is 0.971 bits per heavy atom. The van der Waals surface area contributed by atoms with Crippen LogP contribution in [-0.4, -0.2) is 35.9 Å². The fourth-order valence-electron chi connectivity index (χ4n) is 3.64. The first-order valence-electron chi connectivity index (χ1n) is 11.6. The van der Waals surface area contributed by atoms with Crippen molar-refractivity contribution in [2.24, 2.45) is 0 Å². The fraction of sp³-hybridized carbons (Fsp3) is 0.286. The van der Waals surface area contributed by atoms with Gasteiger partial charge in [0.1, 0.15) is 11.8 Å². The van der Waals surface area contributed by atoms with Crippen LogP contribution in [0.2, 0.25) is 10.0 Å². The van der Waals surface area contributed by atoms with Crippen LogP contribution in [0.3, 0.4) is 0 Å². The van der Waals surface area contributed by atoms with Crippen molar-refractivity contribution in [2.45, 2.75) is 39.3 Å². The number of benzene rings is 3. The van der Waals surface area contributed by atoms with E-state index in [1.165, 1.54) is 0 Å². The molecule has 184 valence electrons. The summed E-state index contributed by atoms with van der Waals surface area (Å²) in [5.74, 6) is 0.0576. The molecular formula is C28H30Cl2N2O3. The molecule has 0 unspecified atom stereocenters. The zero-order chi connectivity index (χ0) is 25.2. The lowest BCUT2D eigenvalue weighted by Gasteiger charge is -2.31. The second kappa shape index (κ2) is 13.2. The highest BCUT2D eigenvalue weighted by Gasteiger charge is 2.30. The van der Waals surface area contributed by atoms with Crippen LogP contribution >= 0.6 is 23.2 Å². The smallest absolute Gasteiger partial charge is 0.261 e. The Morgan fingerprint density at radius 2 is 1.69 bits per heavy atom. The van der Waals surface area contributed by atoms with Crippen LogP contribution in [0.15, 0.2) is 72.8 Å². The van der Waals surface area contributed by atoms with Crippen molar-refractivity contribution in [1.29, 1.82) is 0 Å². The third kappa shape index (κ3) is 8.01. The van der Waals surface area contributed by atoms with E-state index < -0.39 is 6.04 Å². The lowest BCUT2D eigenvalue weighted by molar-refractivity contribution is -0.142. The first-order chi connectivity index (χ1) is 16.9. The van der Waals surface area contributed by atoms with Gasteiger partial charge in [0, 0.05) is 29.6 Å². The van der Waals surface area contributed by atoms with Gasteiger partial charge in [0.05, 0.1) is 0 Å². The molecule has 0 spiro atoms. The molecule has 0 fully saturated rings. The zero-order valence-electron chi connectivity index (χ0n) is 20.0. The molecule has 0 heterocycles. The maximum Gasteiger partial charge on any atom is 0.261 e. The van der Waals surface area contributed by atoms with Crippen molar-refractivity contribution in [3.8, 4) is 5.75 Å². The van der Waals surface area contributed by atoms with Crippen LogP contribution in [0.25, 0.3) is 0 Å². The molecule has 3 rings (SSSR count). The van der Waals surface area contributed by atoms with Gasteiger partial charge in [-0.05, 0) is 60.4 Å². The van der Waals surface area contributed by atoms with Gasteiger partial charge >= 0.3 is 0 Å². The summed E-state index contributed by atoms with van der Waals surface area (Å²) in [4.78, 5) is 28.4. The van der Waals surface area contributed by atoms with Crippen molar-refractivity contribution in [3.63, 3.8) is 0 Å². The maximum absolute atomic E-state index is 13.5. The van der Waals surface area contributed by atoms with Gasteiger partial charge in [-0.2, -0.15) is 0 Å². The normalized spacial score (nSPS) is 11.5. The summed E-state index contributed by atoms with van der Waals surface area (Å²) < 4.78 is 5.80. The number of amides is 2. The Kier molecular flexibility index (Phi) is 10.0. The molecule has 0 bridgehead atoms. The molecule has 0 aliphatic rings. The van der Waals surface area contributed by atoms with Gasteiger partial charge in [-0.25, -0.2) is 0 Å². The van der Waals surface area contributed by atoms with Crippen LogP contribution in [0.1, 0.15) is 30.0 Å². The van der Waals surface area contributed by atoms with E-state index in [1.54, 1.807) is 35.2 Å². The van der Waals surface area contributed by atoms with Gasteiger partial charge in [-0.15, -0.1) is 0 Å². The van der Waals surface area contributed by atoms with Gasteiger partial charge in [-0.1, -0.05) is 72.6 Å². The minimum Gasteiger partial charge on any atom is -0.484 e. The number of carbonyl (C=O) groups is 2. The van der Waals surface area contributed by atoms with E-state index in [1.807, 2.05) is 56.3 Å². The average molecular weight is 513 g/mol. The maximum atomic E-state index is 13.5. The summed E-state index contributed by atoms with van der Waals surface area (Å²) in [6.45, 7) is 4.44. The van der Waals surface area contributed by atoms with E-state index in [0.29, 0.717) is 28.8 Å². The second-order valence-electron chi connectivity index (χ2n) is 8.34. The van der Waals surface area contributed by atoms with Gasteiger partial charge < -0.3 is 15.0 Å². The predicted octanol–water partition coefficient (Wildman–Crippen LogP) is 5.85. The lowest BCUT2D eigenvalue weighted by atomic mass is 10.0. The summed E-state index contributed by atoms with van der Waals surface area (Å²) in [6, 6.07) is 21.5. The SMILES string of the molecule is CCCNC(=O)[C@@H](Cc1ccccc1)N(Cc1ccc(Cl)cc1)C(=O)COc1ccc(Cl)c(C)c1. The molecule has 0 aliphatic heterocycles. The quantitative estimate of drug-likeness (QED) is 0.350. The monoisotopic (exact) mass is 512 g/mol. The number of carbonyl (C=O) groups excluding carboxylic acids is 2. The second-order valence-corrected chi connectivity index (χ2v) is 9.19. The molecular weight excluding hydrogens is 483 g/mol. The number of rotatable bonds is 11. The minimum absolute atomic E-state index is 0.194. The van der Waals surface area contributed by atoms with E-state index in [2.05, 4.69) is 5.32 Å². The van der Waals surface area contributed by atoms with Gasteiger partial charge in [0.25, 0.3) is 5.91 Å². The van der Waals surface area contributed by atoms with E-state index in [-0.39, 0.29) is 25.0 Å². The standard InChI is InChI=1S/C28H30Cl2N2O3/c1-3-15-31-28(34)26(17-21-7-5-4-6-8-21)32(18-22-9-11-23(29)12-10-22)27(33)19-35-24-13-14-25(30)20(2)16-24/h4-14,16,26H,3,15,17-19H2,1-2H3,(H,31,34)/t26-/m1/s1. The fourth-order valence-corrected chi connectivity index (χ4v) is 3.88. The summed E-state index contributed by atoms with van der Waals surface area (Å²) in [6.07, 6.45) is 1.18. The summed E-state index contributed by atoms with van der Waals surface area (Å²) in [5, 5.41) is 4.20. The highest BCUT2D eigenvalue weighted by Crippen LogP contribution is 2.22. The Balaban J connectivity index is 1.88. The third-order valence-corrected chi connectivity index (χ3v) is 6.25. The topological polar surface area (TPSA) is 58.6 Å². The first kappa shape index (κ1) is 26.6. The van der Waals surface area contributed by atoms with Gasteiger partial charge in [0.2, 0.25) is 5.91 Å². The largest absolute Gasteiger partial charge is 0.484 e. The Hall–Kier alpha value is -3.02. The number of nitrogens with zero attached hydrogens (tertiary/aromatic N) is 1. The predicted molar refractivity (Wildman–Crippen MR) is 141 cm³/mol. The number of nitrogens with one attached hydrogen (secondary N) is 1. The third-order valence-electron chi connectivity index (χ3n) is 5.58. The van der Waals surface area contributed by atoms with Crippen LogP contribution in [-0.2, 0) is 22.6 Å². The Bertz CT molecular complexity index is 1120. The van der Waals surface area contributed by atoms with E-state index in [4.69, 9.17) is 27.9 Å². The molecule has 0 saturated carbocycles. The molecule has 0 saturated heterocycles. The molecule has 2 amide bonds. The first-order valence-corrected chi connectivity index (χ1v) is 12.4. The van der Waals surface area contributed by atoms with Crippen molar-refractivity contribution >= 4 is 35.0 Å². The van der Waals surface area contributed by atoms with Crippen LogP contribution in [0, 0.1) is 6.92 Å². The molecule has 1 N–H and O–H groups in total. The van der Waals surface area contributed by atoms with Crippen LogP contribution in [0.4, 0.5) is 0 Å². The number of hydrogen-bond acceptors (Lipinski definition) is 3. The summed E-state index contributed by atoms with van der Waals surface area (Å²) in [5.41, 5.74) is 2.69. The lowest BCUT2D eigenvalue weighted by Crippen LogP contribution is -2.51. The van der Waals surface area contributed by atoms with Crippen molar-refractivity contribution < 1.29 is 14.3 Å². The molecule has 7 heteroatoms. The summed E-state index contributed by atoms with van der Waals surface area (Å²) >= 11 is 12.2.